The van der Waals surface area contributed by atoms with E-state index in [1.54, 1.807) is 4.90 Å². The Kier molecular flexibility index (Phi) is 8.54. The fourth-order valence-electron chi connectivity index (χ4n) is 4.63. The maximum Gasteiger partial charge on any atom is 0.237 e. The van der Waals surface area contributed by atoms with Gasteiger partial charge in [-0.1, -0.05) is 49.6 Å². The molecule has 0 N–H and O–H groups in total. The molecular formula is C23H36N2O3S. The summed E-state index contributed by atoms with van der Waals surface area (Å²) >= 11 is 0. The number of sulfone groups is 1. The van der Waals surface area contributed by atoms with Crippen molar-refractivity contribution >= 4 is 15.7 Å². The van der Waals surface area contributed by atoms with Gasteiger partial charge in [0.25, 0.3) is 0 Å². The highest BCUT2D eigenvalue weighted by atomic mass is 32.2. The molecule has 1 aliphatic carbocycles. The Bertz CT molecular complexity index is 730. The molecule has 0 bridgehead atoms. The lowest BCUT2D eigenvalue weighted by Gasteiger charge is -2.28. The van der Waals surface area contributed by atoms with Gasteiger partial charge >= 0.3 is 0 Å². The van der Waals surface area contributed by atoms with Gasteiger partial charge in [0.1, 0.15) is 5.75 Å². The van der Waals surface area contributed by atoms with Crippen LogP contribution in [0.15, 0.2) is 30.3 Å². The van der Waals surface area contributed by atoms with E-state index in [0.717, 1.165) is 44.0 Å². The Morgan fingerprint density at radius 3 is 2.45 bits per heavy atom. The quantitative estimate of drug-likeness (QED) is 0.648. The number of carbonyl (C=O) groups is 1. The Balaban J connectivity index is 1.40. The molecule has 0 spiro atoms. The first kappa shape index (κ1) is 22.3. The number of amides is 1. The van der Waals surface area contributed by atoms with Gasteiger partial charge < -0.3 is 9.80 Å². The smallest absolute Gasteiger partial charge is 0.237 e. The predicted molar refractivity (Wildman–Crippen MR) is 118 cm³/mol. The van der Waals surface area contributed by atoms with Crippen LogP contribution in [0.3, 0.4) is 0 Å². The van der Waals surface area contributed by atoms with Gasteiger partial charge in [0.05, 0.1) is 5.75 Å². The van der Waals surface area contributed by atoms with E-state index in [1.807, 2.05) is 30.3 Å². The molecule has 0 atom stereocenters. The maximum absolute atomic E-state index is 12.6. The zero-order valence-corrected chi connectivity index (χ0v) is 18.4. The molecule has 1 aromatic rings. The van der Waals surface area contributed by atoms with Crippen LogP contribution in [-0.2, 0) is 21.1 Å². The van der Waals surface area contributed by atoms with Crippen molar-refractivity contribution < 1.29 is 13.2 Å². The second kappa shape index (κ2) is 11.1. The van der Waals surface area contributed by atoms with E-state index in [-0.39, 0.29) is 17.4 Å². The molecule has 29 heavy (non-hydrogen) atoms. The SMILES string of the molecule is O=C(CS(=O)(=O)CCCc1ccccc1)N1CCCN(CC2CCCCC2)CC1. The third-order valence-electron chi connectivity index (χ3n) is 6.29. The number of hydrogen-bond donors (Lipinski definition) is 0. The van der Waals surface area contributed by atoms with Gasteiger partial charge in [-0.25, -0.2) is 8.42 Å². The van der Waals surface area contributed by atoms with Crippen LogP contribution in [0.4, 0.5) is 0 Å². The maximum atomic E-state index is 12.6. The minimum absolute atomic E-state index is 0.0787. The molecule has 3 rings (SSSR count). The third kappa shape index (κ3) is 7.74. The summed E-state index contributed by atoms with van der Waals surface area (Å²) in [6, 6.07) is 9.90. The lowest BCUT2D eigenvalue weighted by Crippen LogP contribution is -2.39. The van der Waals surface area contributed by atoms with E-state index in [4.69, 9.17) is 0 Å². The summed E-state index contributed by atoms with van der Waals surface area (Å²) in [6.45, 7) is 4.37. The largest absolute Gasteiger partial charge is 0.340 e. The van der Waals surface area contributed by atoms with Crippen LogP contribution in [-0.4, -0.2) is 68.4 Å². The molecule has 1 saturated carbocycles. The Labute approximate surface area is 176 Å². The minimum Gasteiger partial charge on any atom is -0.340 e. The zero-order valence-electron chi connectivity index (χ0n) is 17.6. The Morgan fingerprint density at radius 1 is 0.931 bits per heavy atom. The van der Waals surface area contributed by atoms with Crippen LogP contribution in [0, 0.1) is 5.92 Å². The van der Waals surface area contributed by atoms with Gasteiger partial charge in [0, 0.05) is 26.2 Å². The van der Waals surface area contributed by atoms with E-state index in [2.05, 4.69) is 4.90 Å². The van der Waals surface area contributed by atoms with Crippen LogP contribution in [0.1, 0.15) is 50.5 Å². The van der Waals surface area contributed by atoms with Crippen molar-refractivity contribution in [1.29, 1.82) is 0 Å². The van der Waals surface area contributed by atoms with Gasteiger partial charge in [-0.15, -0.1) is 0 Å². The summed E-state index contributed by atoms with van der Waals surface area (Å²) in [5.74, 6) is 0.319. The lowest BCUT2D eigenvalue weighted by atomic mass is 9.89. The first-order valence-corrected chi connectivity index (χ1v) is 13.1. The van der Waals surface area contributed by atoms with Crippen LogP contribution in [0.25, 0.3) is 0 Å². The van der Waals surface area contributed by atoms with Gasteiger partial charge in [-0.3, -0.25) is 4.79 Å². The van der Waals surface area contributed by atoms with Crippen molar-refractivity contribution in [3.8, 4) is 0 Å². The van der Waals surface area contributed by atoms with E-state index >= 15 is 0 Å². The van der Waals surface area contributed by atoms with E-state index in [0.29, 0.717) is 19.5 Å². The fraction of sp³-hybridized carbons (Fsp3) is 0.696. The van der Waals surface area contributed by atoms with Gasteiger partial charge in [-0.2, -0.15) is 0 Å². The van der Waals surface area contributed by atoms with Crippen LogP contribution in [0.5, 0.6) is 0 Å². The summed E-state index contributed by atoms with van der Waals surface area (Å²) in [6.07, 6.45) is 8.98. The van der Waals surface area contributed by atoms with Crippen LogP contribution < -0.4 is 0 Å². The highest BCUT2D eigenvalue weighted by molar-refractivity contribution is 7.92. The number of benzene rings is 1. The number of hydrogen-bond acceptors (Lipinski definition) is 4. The first-order valence-electron chi connectivity index (χ1n) is 11.3. The van der Waals surface area contributed by atoms with Crippen molar-refractivity contribution in [2.45, 2.75) is 51.4 Å². The van der Waals surface area contributed by atoms with Crippen LogP contribution in [0.2, 0.25) is 0 Å². The highest BCUT2D eigenvalue weighted by Crippen LogP contribution is 2.24. The molecule has 2 aliphatic rings. The molecular weight excluding hydrogens is 384 g/mol. The van der Waals surface area contributed by atoms with Gasteiger partial charge in [0.15, 0.2) is 9.84 Å². The third-order valence-corrected chi connectivity index (χ3v) is 7.89. The zero-order chi connectivity index (χ0) is 20.5. The molecule has 5 nitrogen and oxygen atoms in total. The van der Waals surface area contributed by atoms with Gasteiger partial charge in [0.2, 0.25) is 5.91 Å². The minimum atomic E-state index is -3.35. The number of aryl methyl sites for hydroxylation is 1. The number of rotatable bonds is 8. The predicted octanol–water partition coefficient (Wildman–Crippen LogP) is 3.15. The Morgan fingerprint density at radius 2 is 1.69 bits per heavy atom. The topological polar surface area (TPSA) is 57.7 Å². The van der Waals surface area contributed by atoms with Crippen molar-refractivity contribution in [3.63, 3.8) is 0 Å². The molecule has 0 unspecified atom stereocenters. The summed E-state index contributed by atoms with van der Waals surface area (Å²) in [7, 11) is -3.35. The summed E-state index contributed by atoms with van der Waals surface area (Å²) in [5.41, 5.74) is 1.14. The second-order valence-electron chi connectivity index (χ2n) is 8.72. The molecule has 1 aromatic carbocycles. The van der Waals surface area contributed by atoms with Crippen LogP contribution >= 0.6 is 0 Å². The normalized spacial score (nSPS) is 19.8. The van der Waals surface area contributed by atoms with Gasteiger partial charge in [-0.05, 0) is 50.1 Å². The first-order chi connectivity index (χ1) is 14.0. The molecule has 6 heteroatoms. The van der Waals surface area contributed by atoms with E-state index < -0.39 is 9.84 Å². The average Bonchev–Trinajstić information content (AvgIpc) is 2.95. The number of nitrogens with zero attached hydrogens (tertiary/aromatic N) is 2. The fourth-order valence-corrected chi connectivity index (χ4v) is 5.92. The molecule has 1 saturated heterocycles. The van der Waals surface area contributed by atoms with Crippen molar-refractivity contribution in [2.24, 2.45) is 5.92 Å². The Hall–Kier alpha value is -1.40. The lowest BCUT2D eigenvalue weighted by molar-refractivity contribution is -0.128. The van der Waals surface area contributed by atoms with E-state index in [1.165, 1.54) is 32.1 Å². The molecule has 0 aromatic heterocycles. The summed E-state index contributed by atoms with van der Waals surface area (Å²) in [4.78, 5) is 16.9. The molecule has 1 heterocycles. The second-order valence-corrected chi connectivity index (χ2v) is 10.9. The molecule has 2 fully saturated rings. The summed E-state index contributed by atoms with van der Waals surface area (Å²) < 4.78 is 24.9. The molecule has 1 amide bonds. The van der Waals surface area contributed by atoms with Crippen molar-refractivity contribution in [1.82, 2.24) is 9.80 Å². The monoisotopic (exact) mass is 420 g/mol. The number of carbonyl (C=O) groups excluding carboxylic acids is 1. The standard InChI is InChI=1S/C23H36N2O3S/c26-23(20-29(27,28)18-7-13-21-9-3-1-4-10-21)25-15-8-14-24(16-17-25)19-22-11-5-2-6-12-22/h1,3-4,9-10,22H,2,5-8,11-20H2. The summed E-state index contributed by atoms with van der Waals surface area (Å²) in [5, 5.41) is 0. The van der Waals surface area contributed by atoms with Crippen molar-refractivity contribution in [3.05, 3.63) is 35.9 Å². The molecule has 1 aliphatic heterocycles. The average molecular weight is 421 g/mol. The van der Waals surface area contributed by atoms with E-state index in [9.17, 15) is 13.2 Å². The highest BCUT2D eigenvalue weighted by Gasteiger charge is 2.25. The van der Waals surface area contributed by atoms with Crippen molar-refractivity contribution in [2.75, 3.05) is 44.2 Å². The molecule has 162 valence electrons. The molecule has 0 radical (unpaired) electrons.